The van der Waals surface area contributed by atoms with E-state index in [-0.39, 0.29) is 6.04 Å². The minimum absolute atomic E-state index is 0.211. The SMILES string of the molecule is CNC(COC)COc1cccc(N(C)C)c1. The zero-order valence-corrected chi connectivity index (χ0v) is 11.1. The first-order chi connectivity index (χ1) is 8.17. The molecule has 0 spiro atoms. The van der Waals surface area contributed by atoms with Crippen molar-refractivity contribution in [2.75, 3.05) is 46.4 Å². The number of hydrogen-bond acceptors (Lipinski definition) is 4. The van der Waals surface area contributed by atoms with E-state index in [0.717, 1.165) is 11.4 Å². The summed E-state index contributed by atoms with van der Waals surface area (Å²) in [5.41, 5.74) is 1.13. The molecule has 0 heterocycles. The standard InChI is InChI=1S/C13H22N2O2/c1-14-11(9-16-4)10-17-13-7-5-6-12(8-13)15(2)3/h5-8,11,14H,9-10H2,1-4H3. The topological polar surface area (TPSA) is 33.7 Å². The van der Waals surface area contributed by atoms with E-state index in [9.17, 15) is 0 Å². The molecular formula is C13H22N2O2. The summed E-state index contributed by atoms with van der Waals surface area (Å²) < 4.78 is 10.8. The molecule has 17 heavy (non-hydrogen) atoms. The van der Waals surface area contributed by atoms with Crippen molar-refractivity contribution in [3.63, 3.8) is 0 Å². The van der Waals surface area contributed by atoms with Crippen LogP contribution in [0.2, 0.25) is 0 Å². The summed E-state index contributed by atoms with van der Waals surface area (Å²) in [6.45, 7) is 1.24. The van der Waals surface area contributed by atoms with Crippen molar-refractivity contribution in [3.05, 3.63) is 24.3 Å². The first-order valence-corrected chi connectivity index (χ1v) is 5.73. The Morgan fingerprint density at radius 2 is 2.06 bits per heavy atom. The van der Waals surface area contributed by atoms with E-state index in [1.54, 1.807) is 7.11 Å². The number of hydrogen-bond donors (Lipinski definition) is 1. The van der Waals surface area contributed by atoms with Gasteiger partial charge in [-0.25, -0.2) is 0 Å². The molecule has 0 fully saturated rings. The fourth-order valence-electron chi connectivity index (χ4n) is 1.46. The van der Waals surface area contributed by atoms with Crippen LogP contribution in [-0.2, 0) is 4.74 Å². The van der Waals surface area contributed by atoms with Gasteiger partial charge in [0.05, 0.1) is 12.6 Å². The number of nitrogens with one attached hydrogen (secondary N) is 1. The van der Waals surface area contributed by atoms with Crippen LogP contribution in [0.4, 0.5) is 5.69 Å². The second kappa shape index (κ2) is 7.14. The van der Waals surface area contributed by atoms with Gasteiger partial charge in [-0.3, -0.25) is 0 Å². The zero-order valence-electron chi connectivity index (χ0n) is 11.1. The molecule has 1 atom stereocenters. The Hall–Kier alpha value is -1.26. The highest BCUT2D eigenvalue weighted by molar-refractivity contribution is 5.49. The van der Waals surface area contributed by atoms with Crippen LogP contribution < -0.4 is 15.0 Å². The van der Waals surface area contributed by atoms with E-state index in [1.165, 1.54) is 0 Å². The van der Waals surface area contributed by atoms with Gasteiger partial charge in [-0.2, -0.15) is 0 Å². The van der Waals surface area contributed by atoms with Crippen molar-refractivity contribution in [1.82, 2.24) is 5.32 Å². The number of methoxy groups -OCH3 is 1. The first-order valence-electron chi connectivity index (χ1n) is 5.73. The lowest BCUT2D eigenvalue weighted by molar-refractivity contribution is 0.140. The molecule has 0 aliphatic rings. The molecule has 0 amide bonds. The smallest absolute Gasteiger partial charge is 0.121 e. The average molecular weight is 238 g/mol. The highest BCUT2D eigenvalue weighted by Crippen LogP contribution is 2.19. The number of likely N-dealkylation sites (N-methyl/N-ethyl adjacent to an activating group) is 1. The molecule has 0 radical (unpaired) electrons. The molecule has 0 saturated heterocycles. The summed E-state index contributed by atoms with van der Waals surface area (Å²) in [7, 11) is 7.63. The highest BCUT2D eigenvalue weighted by atomic mass is 16.5. The Bertz CT molecular complexity index is 329. The maximum atomic E-state index is 5.73. The molecule has 0 aliphatic carbocycles. The monoisotopic (exact) mass is 238 g/mol. The van der Waals surface area contributed by atoms with Gasteiger partial charge in [0, 0.05) is 33.0 Å². The van der Waals surface area contributed by atoms with Gasteiger partial charge >= 0.3 is 0 Å². The summed E-state index contributed by atoms with van der Waals surface area (Å²) in [4.78, 5) is 2.05. The Balaban J connectivity index is 2.53. The molecule has 0 saturated carbocycles. The number of benzene rings is 1. The second-order valence-electron chi connectivity index (χ2n) is 4.14. The van der Waals surface area contributed by atoms with Gasteiger partial charge in [-0.1, -0.05) is 6.07 Å². The van der Waals surface area contributed by atoms with Gasteiger partial charge in [-0.05, 0) is 19.2 Å². The van der Waals surface area contributed by atoms with Gasteiger partial charge in [0.25, 0.3) is 0 Å². The molecule has 1 aromatic carbocycles. The van der Waals surface area contributed by atoms with Crippen LogP contribution in [0.15, 0.2) is 24.3 Å². The van der Waals surface area contributed by atoms with Gasteiger partial charge in [0.2, 0.25) is 0 Å². The molecule has 1 rings (SSSR count). The molecule has 1 aromatic rings. The predicted octanol–water partition coefficient (Wildman–Crippen LogP) is 1.37. The highest BCUT2D eigenvalue weighted by Gasteiger charge is 2.06. The maximum absolute atomic E-state index is 5.73. The van der Waals surface area contributed by atoms with Crippen LogP contribution in [0.25, 0.3) is 0 Å². The maximum Gasteiger partial charge on any atom is 0.121 e. The number of nitrogens with zero attached hydrogens (tertiary/aromatic N) is 1. The molecule has 0 aromatic heterocycles. The minimum Gasteiger partial charge on any atom is -0.492 e. The predicted molar refractivity (Wildman–Crippen MR) is 71.0 cm³/mol. The number of rotatable bonds is 7. The van der Waals surface area contributed by atoms with E-state index < -0.39 is 0 Å². The Labute approximate surface area is 104 Å². The molecule has 4 nitrogen and oxygen atoms in total. The van der Waals surface area contributed by atoms with Crippen molar-refractivity contribution in [2.45, 2.75) is 6.04 Å². The summed E-state index contributed by atoms with van der Waals surface area (Å²) >= 11 is 0. The van der Waals surface area contributed by atoms with Crippen LogP contribution >= 0.6 is 0 Å². The first kappa shape index (κ1) is 13.8. The molecule has 0 bridgehead atoms. The molecule has 1 unspecified atom stereocenters. The van der Waals surface area contributed by atoms with Crippen LogP contribution in [0, 0.1) is 0 Å². The lowest BCUT2D eigenvalue weighted by Gasteiger charge is -2.17. The van der Waals surface area contributed by atoms with E-state index in [4.69, 9.17) is 9.47 Å². The van der Waals surface area contributed by atoms with E-state index in [1.807, 2.05) is 39.3 Å². The van der Waals surface area contributed by atoms with Gasteiger partial charge in [0.1, 0.15) is 12.4 Å². The Morgan fingerprint density at radius 1 is 1.29 bits per heavy atom. The van der Waals surface area contributed by atoms with E-state index in [0.29, 0.717) is 13.2 Å². The van der Waals surface area contributed by atoms with Crippen LogP contribution in [0.1, 0.15) is 0 Å². The fourth-order valence-corrected chi connectivity index (χ4v) is 1.46. The summed E-state index contributed by atoms with van der Waals surface area (Å²) in [5.74, 6) is 0.882. The quantitative estimate of drug-likeness (QED) is 0.778. The van der Waals surface area contributed by atoms with Crippen LogP contribution in [-0.4, -0.2) is 47.5 Å². The largest absolute Gasteiger partial charge is 0.492 e. The number of anilines is 1. The van der Waals surface area contributed by atoms with Gasteiger partial charge in [0.15, 0.2) is 0 Å². The fraction of sp³-hybridized carbons (Fsp3) is 0.538. The Kier molecular flexibility index (Phi) is 5.80. The normalized spacial score (nSPS) is 12.2. The summed E-state index contributed by atoms with van der Waals surface area (Å²) in [6, 6.07) is 8.25. The Morgan fingerprint density at radius 3 is 2.65 bits per heavy atom. The van der Waals surface area contributed by atoms with Crippen molar-refractivity contribution >= 4 is 5.69 Å². The van der Waals surface area contributed by atoms with Gasteiger partial charge < -0.3 is 19.7 Å². The zero-order chi connectivity index (χ0) is 12.7. The van der Waals surface area contributed by atoms with Crippen LogP contribution in [0.5, 0.6) is 5.75 Å². The average Bonchev–Trinajstić information content (AvgIpc) is 2.34. The second-order valence-corrected chi connectivity index (χ2v) is 4.14. The third kappa shape index (κ3) is 4.63. The van der Waals surface area contributed by atoms with Crippen molar-refractivity contribution in [3.8, 4) is 5.75 Å². The minimum atomic E-state index is 0.211. The molecule has 1 N–H and O–H groups in total. The third-order valence-electron chi connectivity index (χ3n) is 2.56. The molecule has 4 heteroatoms. The lowest BCUT2D eigenvalue weighted by atomic mass is 10.3. The summed E-state index contributed by atoms with van der Waals surface area (Å²) in [5, 5.41) is 3.15. The summed E-state index contributed by atoms with van der Waals surface area (Å²) in [6.07, 6.45) is 0. The van der Waals surface area contributed by atoms with Crippen molar-refractivity contribution in [1.29, 1.82) is 0 Å². The van der Waals surface area contributed by atoms with Crippen molar-refractivity contribution in [2.24, 2.45) is 0 Å². The van der Waals surface area contributed by atoms with E-state index in [2.05, 4.69) is 16.3 Å². The van der Waals surface area contributed by atoms with Gasteiger partial charge in [-0.15, -0.1) is 0 Å². The third-order valence-corrected chi connectivity index (χ3v) is 2.56. The lowest BCUT2D eigenvalue weighted by Crippen LogP contribution is -2.35. The number of ether oxygens (including phenoxy) is 2. The molecular weight excluding hydrogens is 216 g/mol. The van der Waals surface area contributed by atoms with E-state index >= 15 is 0 Å². The molecule has 96 valence electrons. The molecule has 0 aliphatic heterocycles. The van der Waals surface area contributed by atoms with Crippen LogP contribution in [0.3, 0.4) is 0 Å². The van der Waals surface area contributed by atoms with Crippen molar-refractivity contribution < 1.29 is 9.47 Å².